The molecule has 1 amide bonds. The average Bonchev–Trinajstić information content (AvgIpc) is 2.44. The summed E-state index contributed by atoms with van der Waals surface area (Å²) < 4.78 is 0. The highest BCUT2D eigenvalue weighted by Crippen LogP contribution is 2.16. The highest BCUT2D eigenvalue weighted by molar-refractivity contribution is 5.99. The van der Waals surface area contributed by atoms with Gasteiger partial charge in [-0.15, -0.1) is 0 Å². The van der Waals surface area contributed by atoms with Gasteiger partial charge >= 0.3 is 11.9 Å². The minimum Gasteiger partial charge on any atom is -0.478 e. The molecular weight excluding hydrogens is 276 g/mol. The molecule has 0 aliphatic rings. The molecule has 0 saturated carbocycles. The van der Waals surface area contributed by atoms with Crippen LogP contribution in [0.3, 0.4) is 0 Å². The number of anilines is 1. The lowest BCUT2D eigenvalue weighted by molar-refractivity contribution is -0.119. The molecule has 7 nitrogen and oxygen atoms in total. The van der Waals surface area contributed by atoms with Crippen LogP contribution in [-0.4, -0.2) is 41.1 Å². The monoisotopic (exact) mass is 294 g/mol. The van der Waals surface area contributed by atoms with Crippen molar-refractivity contribution in [2.24, 2.45) is 5.92 Å². The van der Waals surface area contributed by atoms with Crippen LogP contribution in [0.4, 0.5) is 5.69 Å². The molecule has 1 rings (SSSR count). The molecule has 0 saturated heterocycles. The molecule has 0 spiro atoms. The summed E-state index contributed by atoms with van der Waals surface area (Å²) in [4.78, 5) is 33.9. The minimum atomic E-state index is -1.26. The third-order valence-electron chi connectivity index (χ3n) is 2.84. The third kappa shape index (κ3) is 4.88. The Labute approximate surface area is 122 Å². The molecule has 0 aromatic heterocycles. The van der Waals surface area contributed by atoms with E-state index in [2.05, 4.69) is 10.6 Å². The van der Waals surface area contributed by atoms with Crippen molar-refractivity contribution in [3.8, 4) is 0 Å². The second kappa shape index (κ2) is 7.39. The Morgan fingerprint density at radius 2 is 1.62 bits per heavy atom. The number of hydrogen-bond donors (Lipinski definition) is 4. The summed E-state index contributed by atoms with van der Waals surface area (Å²) in [5.74, 6) is -3.15. The van der Waals surface area contributed by atoms with Crippen molar-refractivity contribution in [1.29, 1.82) is 0 Å². The number of carbonyl (C=O) groups excluding carboxylic acids is 1. The van der Waals surface area contributed by atoms with Crippen molar-refractivity contribution in [2.45, 2.75) is 13.8 Å². The van der Waals surface area contributed by atoms with Crippen molar-refractivity contribution in [1.82, 2.24) is 5.32 Å². The second-order valence-corrected chi connectivity index (χ2v) is 4.61. The smallest absolute Gasteiger partial charge is 0.335 e. The Morgan fingerprint density at radius 1 is 1.10 bits per heavy atom. The van der Waals surface area contributed by atoms with Gasteiger partial charge in [-0.05, 0) is 24.7 Å². The van der Waals surface area contributed by atoms with Crippen LogP contribution in [-0.2, 0) is 4.79 Å². The van der Waals surface area contributed by atoms with E-state index in [0.29, 0.717) is 6.54 Å². The van der Waals surface area contributed by atoms with E-state index in [9.17, 15) is 14.4 Å². The molecule has 0 radical (unpaired) electrons. The molecule has 0 fully saturated rings. The number of carbonyl (C=O) groups is 3. The van der Waals surface area contributed by atoms with Crippen LogP contribution in [0, 0.1) is 5.92 Å². The maximum absolute atomic E-state index is 11.9. The van der Waals surface area contributed by atoms with Gasteiger partial charge in [0.25, 0.3) is 0 Å². The molecule has 0 bridgehead atoms. The first-order valence-corrected chi connectivity index (χ1v) is 6.48. The maximum atomic E-state index is 11.9. The lowest BCUT2D eigenvalue weighted by Gasteiger charge is -2.13. The first kappa shape index (κ1) is 16.6. The summed E-state index contributed by atoms with van der Waals surface area (Å²) in [6.45, 7) is 4.85. The van der Waals surface area contributed by atoms with Gasteiger partial charge < -0.3 is 20.8 Å². The highest BCUT2D eigenvalue weighted by Gasteiger charge is 2.16. The van der Waals surface area contributed by atoms with Gasteiger partial charge in [0.05, 0.1) is 11.1 Å². The minimum absolute atomic E-state index is 0.153. The van der Waals surface area contributed by atoms with E-state index in [-0.39, 0.29) is 28.6 Å². The SMILES string of the molecule is CCNCC(C)C(=O)Nc1cc(C(=O)O)cc(C(=O)O)c1. The van der Waals surface area contributed by atoms with Crippen LogP contribution in [0.2, 0.25) is 0 Å². The molecule has 1 atom stereocenters. The van der Waals surface area contributed by atoms with E-state index in [0.717, 1.165) is 12.6 Å². The number of carboxylic acids is 2. The zero-order chi connectivity index (χ0) is 16.0. The molecule has 1 aromatic carbocycles. The Morgan fingerprint density at radius 3 is 2.05 bits per heavy atom. The molecular formula is C14H18N2O5. The van der Waals surface area contributed by atoms with Crippen LogP contribution in [0.25, 0.3) is 0 Å². The van der Waals surface area contributed by atoms with Crippen molar-refractivity contribution < 1.29 is 24.6 Å². The van der Waals surface area contributed by atoms with Gasteiger partial charge in [0.15, 0.2) is 0 Å². The summed E-state index contributed by atoms with van der Waals surface area (Å²) in [6, 6.07) is 3.50. The van der Waals surface area contributed by atoms with E-state index in [1.54, 1.807) is 6.92 Å². The zero-order valence-corrected chi connectivity index (χ0v) is 11.8. The van der Waals surface area contributed by atoms with Gasteiger partial charge in [0, 0.05) is 18.2 Å². The molecule has 1 unspecified atom stereocenters. The van der Waals surface area contributed by atoms with Crippen molar-refractivity contribution in [3.05, 3.63) is 29.3 Å². The number of benzene rings is 1. The lowest BCUT2D eigenvalue weighted by atomic mass is 10.1. The molecule has 0 aliphatic heterocycles. The number of rotatable bonds is 7. The molecule has 4 N–H and O–H groups in total. The molecule has 114 valence electrons. The fourth-order valence-corrected chi connectivity index (χ4v) is 1.67. The van der Waals surface area contributed by atoms with Crippen molar-refractivity contribution >= 4 is 23.5 Å². The molecule has 0 heterocycles. The molecule has 0 aliphatic carbocycles. The van der Waals surface area contributed by atoms with Gasteiger partial charge in [-0.3, -0.25) is 4.79 Å². The Bertz CT molecular complexity index is 524. The number of carboxylic acid groups (broad SMARTS) is 2. The zero-order valence-electron chi connectivity index (χ0n) is 11.8. The van der Waals surface area contributed by atoms with Gasteiger partial charge in [-0.2, -0.15) is 0 Å². The van der Waals surface area contributed by atoms with Crippen molar-refractivity contribution in [2.75, 3.05) is 18.4 Å². The number of hydrogen-bond acceptors (Lipinski definition) is 4. The molecule has 1 aromatic rings. The van der Waals surface area contributed by atoms with Crippen LogP contribution in [0.5, 0.6) is 0 Å². The Hall–Kier alpha value is -2.41. The van der Waals surface area contributed by atoms with Crippen LogP contribution < -0.4 is 10.6 Å². The number of nitrogens with one attached hydrogen (secondary N) is 2. The third-order valence-corrected chi connectivity index (χ3v) is 2.84. The quantitative estimate of drug-likeness (QED) is 0.602. The summed E-state index contributed by atoms with van der Waals surface area (Å²) in [5.41, 5.74) is -0.227. The maximum Gasteiger partial charge on any atom is 0.335 e. The number of amides is 1. The number of aromatic carboxylic acids is 2. The predicted octanol–water partition coefficient (Wildman–Crippen LogP) is 1.27. The lowest BCUT2D eigenvalue weighted by Crippen LogP contribution is -2.30. The van der Waals surface area contributed by atoms with Gasteiger partial charge in [0.2, 0.25) is 5.91 Å². The average molecular weight is 294 g/mol. The fraction of sp³-hybridized carbons (Fsp3) is 0.357. The first-order valence-electron chi connectivity index (χ1n) is 6.48. The summed E-state index contributed by atoms with van der Waals surface area (Å²) in [6.07, 6.45) is 0. The molecule has 7 heteroatoms. The normalized spacial score (nSPS) is 11.7. The standard InChI is InChI=1S/C14H18N2O5/c1-3-15-7-8(2)12(17)16-11-5-9(13(18)19)4-10(6-11)14(20)21/h4-6,8,15H,3,7H2,1-2H3,(H,16,17)(H,18,19)(H,20,21). The van der Waals surface area contributed by atoms with E-state index in [4.69, 9.17) is 10.2 Å². The van der Waals surface area contributed by atoms with Crippen LogP contribution in [0.15, 0.2) is 18.2 Å². The topological polar surface area (TPSA) is 116 Å². The van der Waals surface area contributed by atoms with Crippen molar-refractivity contribution in [3.63, 3.8) is 0 Å². The van der Waals surface area contributed by atoms with Gasteiger partial charge in [-0.25, -0.2) is 9.59 Å². The second-order valence-electron chi connectivity index (χ2n) is 4.61. The van der Waals surface area contributed by atoms with Gasteiger partial charge in [-0.1, -0.05) is 13.8 Å². The summed E-state index contributed by atoms with van der Waals surface area (Å²) in [5, 5.41) is 23.5. The fourth-order valence-electron chi connectivity index (χ4n) is 1.67. The van der Waals surface area contributed by atoms with E-state index in [1.165, 1.54) is 12.1 Å². The van der Waals surface area contributed by atoms with E-state index in [1.807, 2.05) is 6.92 Å². The Balaban J connectivity index is 2.94. The van der Waals surface area contributed by atoms with Crippen LogP contribution >= 0.6 is 0 Å². The summed E-state index contributed by atoms with van der Waals surface area (Å²) >= 11 is 0. The van der Waals surface area contributed by atoms with Crippen LogP contribution in [0.1, 0.15) is 34.6 Å². The van der Waals surface area contributed by atoms with E-state index >= 15 is 0 Å². The Kier molecular flexibility index (Phi) is 5.86. The first-order chi connectivity index (χ1) is 9.85. The highest BCUT2D eigenvalue weighted by atomic mass is 16.4. The largest absolute Gasteiger partial charge is 0.478 e. The summed E-state index contributed by atoms with van der Waals surface area (Å²) in [7, 11) is 0. The molecule has 21 heavy (non-hydrogen) atoms. The van der Waals surface area contributed by atoms with E-state index < -0.39 is 11.9 Å². The van der Waals surface area contributed by atoms with Gasteiger partial charge in [0.1, 0.15) is 0 Å². The predicted molar refractivity (Wildman–Crippen MR) is 76.7 cm³/mol.